The molecule has 0 radical (unpaired) electrons. The number of carbonyl (C=O) groups excluding carboxylic acids is 12. The van der Waals surface area contributed by atoms with Gasteiger partial charge in [0.2, 0.25) is 70.9 Å². The van der Waals surface area contributed by atoms with Gasteiger partial charge in [-0.25, -0.2) is 0 Å². The lowest BCUT2D eigenvalue weighted by Crippen LogP contribution is -2.62. The normalized spacial score (nSPS) is 14.5. The third-order valence-electron chi connectivity index (χ3n) is 17.7. The molecule has 0 fully saturated rings. The van der Waals surface area contributed by atoms with Crippen LogP contribution in [0.25, 0.3) is 0 Å². The van der Waals surface area contributed by atoms with Gasteiger partial charge < -0.3 is 155 Å². The molecule has 0 aliphatic rings. The van der Waals surface area contributed by atoms with Crippen molar-refractivity contribution in [1.29, 1.82) is 0 Å². The minimum absolute atomic E-state index is 0.0124. The average molecular weight is 1640 g/mol. The first-order valence-electron chi connectivity index (χ1n) is 39.5. The SMILES string of the molecule is CC(C)C[C@H](NC(=O)[C@H](CCCN=C(N)N)NC(=O)[C@H](CCCCN)NC(=O)[C@H](CCCN=C(N)N)NC(=O)[C@@H](NC(=O)[C@H](CCCCN)NC(=O)[C@H](CCCCN)NC(=O)[C@H](CCCN=C(N)N)NC(=O)[C@H](CC(C)C)NC(=O)[C@H](CCCN=C(N)N)NC(=O)[C@@H](N)CCCN=C(N)N)[C@@H](C)O)C(=O)N[C@@H](CCCCN)C(N)=O. The van der Waals surface area contributed by atoms with Crippen molar-refractivity contribution < 1.29 is 62.6 Å². The second-order valence-corrected chi connectivity index (χ2v) is 29.0. The standard InChI is InChI=1S/C70H140N32O13/c1-39(2)37-51(63(113)92-43(54(76)104)20-6-10-28-71)100-61(111)49(26-17-35-90-69(83)84)97-57(107)45(22-8-12-30-73)95-59(109)50(27-18-36-91-70(85)86)99-65(115)53(41(5)103)102-62(112)46(23-9-13-31-74)96-56(106)44(21-7-11-29-72)94-58(108)48(25-16-34-89-68(81)82)98-64(114)52(38-40(3)4)101-60(110)47(24-15-33-88-67(79)80)93-55(105)42(75)19-14-32-87-66(77)78/h39-53,103H,6-38,71-75H2,1-5H3,(H2,76,104)(H,92,113)(H,93,105)(H,94,108)(H,95,109)(H,96,106)(H,97,107)(H,98,114)(H,99,115)(H,100,111)(H,101,110)(H,102,112)(H4,77,78,87)(H4,79,80,88)(H4,81,82,89)(H4,83,84,90)(H4,85,86,91)/t41-,42+,43+,44+,45+,46+,47+,48+,49+,50+,51+,52+,53+/m1/s1. The number of guanidine groups is 5. The van der Waals surface area contributed by atoms with Gasteiger partial charge in [0.1, 0.15) is 66.5 Å². The van der Waals surface area contributed by atoms with Crippen LogP contribution >= 0.6 is 0 Å². The molecule has 13 atom stereocenters. The van der Waals surface area contributed by atoms with E-state index < -0.39 is 149 Å². The van der Waals surface area contributed by atoms with Crippen LogP contribution in [0.2, 0.25) is 0 Å². The molecule has 115 heavy (non-hydrogen) atoms. The van der Waals surface area contributed by atoms with Crippen LogP contribution in [0.1, 0.15) is 189 Å². The first-order chi connectivity index (χ1) is 54.3. The molecule has 0 unspecified atom stereocenters. The number of nitrogens with one attached hydrogen (secondary N) is 11. The summed E-state index contributed by atoms with van der Waals surface area (Å²) in [5.41, 5.74) is 90.6. The molecule has 0 spiro atoms. The third-order valence-corrected chi connectivity index (χ3v) is 17.7. The van der Waals surface area contributed by atoms with Crippen molar-refractivity contribution in [3.8, 4) is 0 Å². The molecule has 658 valence electrons. The average Bonchev–Trinajstić information content (AvgIpc) is 0.854. The quantitative estimate of drug-likeness (QED) is 0.0153. The molecule has 0 aliphatic carbocycles. The van der Waals surface area contributed by atoms with E-state index in [4.69, 9.17) is 91.7 Å². The van der Waals surface area contributed by atoms with Gasteiger partial charge in [0.25, 0.3) is 0 Å². The maximum Gasteiger partial charge on any atom is 0.245 e. The number of rotatable bonds is 64. The minimum Gasteiger partial charge on any atom is -0.391 e. The Morgan fingerprint density at radius 3 is 0.696 bits per heavy atom. The molecule has 0 aromatic carbocycles. The molecule has 0 saturated carbocycles. The molecule has 44 N–H and O–H groups in total. The van der Waals surface area contributed by atoms with Gasteiger partial charge in [-0.2, -0.15) is 0 Å². The topological polar surface area (TPSA) is 836 Å². The van der Waals surface area contributed by atoms with Gasteiger partial charge >= 0.3 is 0 Å². The zero-order chi connectivity index (χ0) is 87.1. The van der Waals surface area contributed by atoms with Crippen molar-refractivity contribution in [3.63, 3.8) is 0 Å². The summed E-state index contributed by atoms with van der Waals surface area (Å²) in [6.45, 7) is 9.37. The van der Waals surface area contributed by atoms with E-state index in [2.05, 4.69) is 83.4 Å². The van der Waals surface area contributed by atoms with Crippen LogP contribution in [-0.4, -0.2) is 243 Å². The molecule has 45 heteroatoms. The number of aliphatic imine (C=N–C) groups is 5. The fourth-order valence-electron chi connectivity index (χ4n) is 11.6. The Balaban J connectivity index is 7.57. The van der Waals surface area contributed by atoms with E-state index in [0.29, 0.717) is 45.1 Å². The molecule has 12 amide bonds. The van der Waals surface area contributed by atoms with Gasteiger partial charge in [0.15, 0.2) is 29.8 Å². The zero-order valence-electron chi connectivity index (χ0n) is 67.8. The minimum atomic E-state index is -1.86. The molecule has 45 nitrogen and oxygen atoms in total. The van der Waals surface area contributed by atoms with Crippen molar-refractivity contribution >= 4 is 101 Å². The number of aliphatic hydroxyl groups excluding tert-OH is 1. The summed E-state index contributed by atoms with van der Waals surface area (Å²) < 4.78 is 0. The van der Waals surface area contributed by atoms with Crippen molar-refractivity contribution in [3.05, 3.63) is 0 Å². The van der Waals surface area contributed by atoms with Crippen molar-refractivity contribution in [2.75, 3.05) is 58.9 Å². The van der Waals surface area contributed by atoms with E-state index in [0.717, 1.165) is 0 Å². The number of nitrogens with two attached hydrogens (primary N) is 16. The van der Waals surface area contributed by atoms with Crippen molar-refractivity contribution in [2.45, 2.75) is 267 Å². The Hall–Kier alpha value is -10.2. The van der Waals surface area contributed by atoms with E-state index in [1.165, 1.54) is 6.92 Å². The fraction of sp³-hybridized carbons (Fsp3) is 0.757. The van der Waals surface area contributed by atoms with Gasteiger partial charge in [-0.15, -0.1) is 0 Å². The highest BCUT2D eigenvalue weighted by Gasteiger charge is 2.38. The van der Waals surface area contributed by atoms with Crippen LogP contribution in [0.3, 0.4) is 0 Å². The Morgan fingerprint density at radius 1 is 0.261 bits per heavy atom. The molecule has 0 heterocycles. The number of aliphatic hydroxyl groups is 1. The lowest BCUT2D eigenvalue weighted by Gasteiger charge is -2.29. The second kappa shape index (κ2) is 60.3. The number of hydrogen-bond acceptors (Lipinski definition) is 23. The van der Waals surface area contributed by atoms with Gasteiger partial charge in [-0.05, 0) is 199 Å². The molecule has 0 saturated heterocycles. The fourth-order valence-corrected chi connectivity index (χ4v) is 11.6. The molecular weight excluding hydrogens is 1500 g/mol. The monoisotopic (exact) mass is 1640 g/mol. The summed E-state index contributed by atoms with van der Waals surface area (Å²) in [6.07, 6.45) is 1.56. The van der Waals surface area contributed by atoms with Crippen LogP contribution in [0.15, 0.2) is 25.0 Å². The zero-order valence-corrected chi connectivity index (χ0v) is 67.8. The summed E-state index contributed by atoms with van der Waals surface area (Å²) in [5, 5.41) is 40.6. The summed E-state index contributed by atoms with van der Waals surface area (Å²) >= 11 is 0. The van der Waals surface area contributed by atoms with Crippen LogP contribution in [0, 0.1) is 11.8 Å². The molecule has 0 aromatic heterocycles. The highest BCUT2D eigenvalue weighted by molar-refractivity contribution is 6.00. The third kappa shape index (κ3) is 48.5. The molecule has 0 aliphatic heterocycles. The van der Waals surface area contributed by atoms with Gasteiger partial charge in [0.05, 0.1) is 12.1 Å². The Labute approximate surface area is 674 Å². The van der Waals surface area contributed by atoms with Gasteiger partial charge in [-0.1, -0.05) is 27.7 Å². The van der Waals surface area contributed by atoms with Crippen molar-refractivity contribution in [2.24, 2.45) is 129 Å². The number of hydrogen-bond donors (Lipinski definition) is 28. The van der Waals surface area contributed by atoms with Gasteiger partial charge in [-0.3, -0.25) is 82.5 Å². The molecule has 0 aromatic rings. The predicted octanol–water partition coefficient (Wildman–Crippen LogP) is -9.61. The van der Waals surface area contributed by atoms with Crippen molar-refractivity contribution in [1.82, 2.24) is 58.5 Å². The smallest absolute Gasteiger partial charge is 0.245 e. The second-order valence-electron chi connectivity index (χ2n) is 29.0. The summed E-state index contributed by atoms with van der Waals surface area (Å²) in [5.74, 6) is -12.0. The molecule has 0 rings (SSSR count). The summed E-state index contributed by atoms with van der Waals surface area (Å²) in [7, 11) is 0. The van der Waals surface area contributed by atoms with E-state index in [1.807, 2.05) is 0 Å². The first-order valence-corrected chi connectivity index (χ1v) is 39.5. The Morgan fingerprint density at radius 2 is 0.461 bits per heavy atom. The predicted molar refractivity (Wildman–Crippen MR) is 440 cm³/mol. The van der Waals surface area contributed by atoms with Crippen LogP contribution in [0.4, 0.5) is 0 Å². The number of amides is 12. The lowest BCUT2D eigenvalue weighted by molar-refractivity contribution is -0.137. The van der Waals surface area contributed by atoms with E-state index in [9.17, 15) is 62.6 Å². The van der Waals surface area contributed by atoms with E-state index >= 15 is 0 Å². The Bertz CT molecular complexity index is 3120. The largest absolute Gasteiger partial charge is 0.391 e. The van der Waals surface area contributed by atoms with Crippen LogP contribution in [0.5, 0.6) is 0 Å². The number of primary amides is 1. The highest BCUT2D eigenvalue weighted by Crippen LogP contribution is 2.15. The number of unbranched alkanes of at least 4 members (excludes halogenated alkanes) is 4. The molecular formula is C70H140N32O13. The maximum atomic E-state index is 14.8. The Kier molecular flexibility index (Phi) is 54.9. The van der Waals surface area contributed by atoms with E-state index in [1.54, 1.807) is 27.7 Å². The maximum absolute atomic E-state index is 14.8. The number of nitrogens with zero attached hydrogens (tertiary/aromatic N) is 5. The van der Waals surface area contributed by atoms with Gasteiger partial charge in [0, 0.05) is 32.7 Å². The summed E-state index contributed by atoms with van der Waals surface area (Å²) in [6, 6.07) is -16.7. The highest BCUT2D eigenvalue weighted by atomic mass is 16.3. The first kappa shape index (κ1) is 105. The summed E-state index contributed by atoms with van der Waals surface area (Å²) in [4.78, 5) is 191. The van der Waals surface area contributed by atoms with Crippen LogP contribution in [-0.2, 0) is 57.5 Å². The lowest BCUT2D eigenvalue weighted by atomic mass is 10.0. The number of carbonyl (C=O) groups is 12. The van der Waals surface area contributed by atoms with E-state index in [-0.39, 0.29) is 210 Å². The van der Waals surface area contributed by atoms with Crippen LogP contribution < -0.4 is 150 Å². The molecule has 0 bridgehead atoms.